The molecule has 0 radical (unpaired) electrons. The summed E-state index contributed by atoms with van der Waals surface area (Å²) in [5.74, 6) is -1.22. The molecule has 192 valence electrons. The average Bonchev–Trinajstić information content (AvgIpc) is 3.43. The Hall–Kier alpha value is -2.90. The number of piperidine rings is 1. The van der Waals surface area contributed by atoms with Gasteiger partial charge in [-0.1, -0.05) is 23.2 Å². The Morgan fingerprint density at radius 2 is 1.92 bits per heavy atom. The highest BCUT2D eigenvalue weighted by Crippen LogP contribution is 2.33. The Morgan fingerprint density at radius 1 is 1.22 bits per heavy atom. The molecule has 9 nitrogen and oxygen atoms in total. The average molecular weight is 563 g/mol. The first-order valence-electron chi connectivity index (χ1n) is 10.6. The summed E-state index contributed by atoms with van der Waals surface area (Å²) >= 11 is 13.0. The number of thiazole rings is 1. The molecule has 0 bridgehead atoms. The van der Waals surface area contributed by atoms with Crippen LogP contribution in [0.4, 0.5) is 19.0 Å². The molecular formula is C21H19Cl2F3N6O3S. The number of aromatic hydroxyl groups is 1. The highest BCUT2D eigenvalue weighted by molar-refractivity contribution is 7.10. The van der Waals surface area contributed by atoms with Crippen molar-refractivity contribution in [2.45, 2.75) is 38.4 Å². The van der Waals surface area contributed by atoms with Crippen molar-refractivity contribution in [1.82, 2.24) is 24.6 Å². The van der Waals surface area contributed by atoms with Crippen molar-refractivity contribution in [3.63, 3.8) is 0 Å². The minimum absolute atomic E-state index is 0.0418. The summed E-state index contributed by atoms with van der Waals surface area (Å²) in [5, 5.41) is 18.3. The van der Waals surface area contributed by atoms with E-state index in [0.717, 1.165) is 15.8 Å². The molecule has 15 heteroatoms. The van der Waals surface area contributed by atoms with E-state index in [1.165, 1.54) is 24.3 Å². The largest absolute Gasteiger partial charge is 0.504 e. The second-order valence-electron chi connectivity index (χ2n) is 8.13. The molecule has 1 aliphatic heterocycles. The van der Waals surface area contributed by atoms with Gasteiger partial charge < -0.3 is 15.3 Å². The Kier molecular flexibility index (Phi) is 7.43. The number of pyridine rings is 1. The Bertz CT molecular complexity index is 1300. The zero-order valence-corrected chi connectivity index (χ0v) is 21.0. The highest BCUT2D eigenvalue weighted by Gasteiger charge is 2.35. The molecule has 1 saturated heterocycles. The van der Waals surface area contributed by atoms with Crippen LogP contribution in [0, 0.1) is 6.92 Å². The molecule has 1 aliphatic rings. The van der Waals surface area contributed by atoms with Crippen LogP contribution in [0.15, 0.2) is 17.5 Å². The molecule has 4 rings (SSSR count). The Labute approximate surface area is 216 Å². The van der Waals surface area contributed by atoms with Crippen molar-refractivity contribution in [3.8, 4) is 5.75 Å². The van der Waals surface area contributed by atoms with Crippen LogP contribution in [0.25, 0.3) is 0 Å². The molecule has 0 atom stereocenters. The SMILES string of the molecule is Cc1cc(C(F)(F)F)nn1CC(=O)N1CCC(c2nc(NC(=O)c3nc(Cl)cc(Cl)c3O)cs2)CC1. The molecule has 3 aromatic heterocycles. The molecular weight excluding hydrogens is 544 g/mol. The van der Waals surface area contributed by atoms with E-state index in [2.05, 4.69) is 20.4 Å². The number of nitrogens with zero attached hydrogens (tertiary/aromatic N) is 5. The maximum Gasteiger partial charge on any atom is 0.435 e. The fourth-order valence-corrected chi connectivity index (χ4v) is 5.12. The second kappa shape index (κ2) is 10.2. The number of carbonyl (C=O) groups is 2. The van der Waals surface area contributed by atoms with E-state index < -0.39 is 23.5 Å². The fourth-order valence-electron chi connectivity index (χ4n) is 3.76. The van der Waals surface area contributed by atoms with E-state index in [1.807, 2.05) is 0 Å². The van der Waals surface area contributed by atoms with Gasteiger partial charge in [0.15, 0.2) is 17.1 Å². The van der Waals surface area contributed by atoms with Crippen molar-refractivity contribution >= 4 is 52.2 Å². The third-order valence-electron chi connectivity index (χ3n) is 5.65. The van der Waals surface area contributed by atoms with Gasteiger partial charge >= 0.3 is 6.18 Å². The second-order valence-corrected chi connectivity index (χ2v) is 9.81. The highest BCUT2D eigenvalue weighted by atomic mass is 35.5. The van der Waals surface area contributed by atoms with Gasteiger partial charge in [-0.3, -0.25) is 14.3 Å². The van der Waals surface area contributed by atoms with E-state index in [-0.39, 0.29) is 45.8 Å². The number of alkyl halides is 3. The molecule has 0 saturated carbocycles. The number of aryl methyl sites for hydroxylation is 1. The van der Waals surface area contributed by atoms with Gasteiger partial charge in [0.25, 0.3) is 5.91 Å². The Balaban J connectivity index is 1.33. The first kappa shape index (κ1) is 26.2. The zero-order valence-electron chi connectivity index (χ0n) is 18.6. The molecule has 36 heavy (non-hydrogen) atoms. The predicted octanol–water partition coefficient (Wildman–Crippen LogP) is 4.73. The standard InChI is InChI=1S/C21H19Cl2F3N6O3S/c1-10-6-13(21(24,25)26)30-32(10)8-16(33)31-4-2-11(3-5-31)20-29-15(9-36-20)28-19(35)17-18(34)12(22)7-14(23)27-17/h6-7,9,11,34H,2-5,8H2,1H3,(H,28,35). The van der Waals surface area contributed by atoms with E-state index in [1.54, 1.807) is 10.3 Å². The first-order chi connectivity index (χ1) is 16.9. The van der Waals surface area contributed by atoms with Gasteiger partial charge in [0, 0.05) is 30.1 Å². The number of nitrogens with one attached hydrogen (secondary N) is 1. The molecule has 0 unspecified atom stereocenters. The van der Waals surface area contributed by atoms with Crippen LogP contribution in [0.3, 0.4) is 0 Å². The lowest BCUT2D eigenvalue weighted by Crippen LogP contribution is -2.40. The van der Waals surface area contributed by atoms with Crippen LogP contribution in [-0.4, -0.2) is 54.7 Å². The van der Waals surface area contributed by atoms with Crippen molar-refractivity contribution in [3.05, 3.63) is 49.8 Å². The summed E-state index contributed by atoms with van der Waals surface area (Å²) in [6, 6.07) is 2.13. The van der Waals surface area contributed by atoms with E-state index >= 15 is 0 Å². The lowest BCUT2D eigenvalue weighted by atomic mass is 9.97. The third-order valence-corrected chi connectivity index (χ3v) is 7.14. The van der Waals surface area contributed by atoms with Crippen LogP contribution in [0.5, 0.6) is 5.75 Å². The summed E-state index contributed by atoms with van der Waals surface area (Å²) in [4.78, 5) is 34.9. The number of likely N-dealkylation sites (tertiary alicyclic amines) is 1. The van der Waals surface area contributed by atoms with Crippen LogP contribution >= 0.6 is 34.5 Å². The number of anilines is 1. The maximum absolute atomic E-state index is 12.9. The fraction of sp³-hybridized carbons (Fsp3) is 0.381. The molecule has 1 fully saturated rings. The number of amides is 2. The molecule has 0 aliphatic carbocycles. The van der Waals surface area contributed by atoms with Crippen molar-refractivity contribution in [2.75, 3.05) is 18.4 Å². The number of hydrogen-bond acceptors (Lipinski definition) is 7. The molecule has 3 aromatic rings. The van der Waals surface area contributed by atoms with E-state index in [9.17, 15) is 27.9 Å². The van der Waals surface area contributed by atoms with Gasteiger partial charge in [0.1, 0.15) is 17.5 Å². The number of carbonyl (C=O) groups excluding carboxylic acids is 2. The third kappa shape index (κ3) is 5.73. The number of hydrogen-bond donors (Lipinski definition) is 2. The minimum atomic E-state index is -4.57. The van der Waals surface area contributed by atoms with Crippen LogP contribution in [0.2, 0.25) is 10.2 Å². The van der Waals surface area contributed by atoms with Crippen molar-refractivity contribution in [2.24, 2.45) is 0 Å². The lowest BCUT2D eigenvalue weighted by Gasteiger charge is -2.31. The van der Waals surface area contributed by atoms with E-state index in [4.69, 9.17) is 23.2 Å². The minimum Gasteiger partial charge on any atom is -0.504 e. The normalized spacial score (nSPS) is 14.8. The van der Waals surface area contributed by atoms with Gasteiger partial charge in [-0.15, -0.1) is 11.3 Å². The molecule has 2 N–H and O–H groups in total. The summed E-state index contributed by atoms with van der Waals surface area (Å²) in [6.07, 6.45) is -3.36. The van der Waals surface area contributed by atoms with Crippen LogP contribution in [0.1, 0.15) is 45.6 Å². The Morgan fingerprint density at radius 3 is 2.56 bits per heavy atom. The van der Waals surface area contributed by atoms with Crippen molar-refractivity contribution < 1.29 is 27.9 Å². The molecule has 2 amide bonds. The molecule has 0 aromatic carbocycles. The number of aromatic nitrogens is 4. The van der Waals surface area contributed by atoms with Gasteiger partial charge in [-0.05, 0) is 31.9 Å². The van der Waals surface area contributed by atoms with Gasteiger partial charge in [-0.2, -0.15) is 18.3 Å². The van der Waals surface area contributed by atoms with Gasteiger partial charge in [-0.25, -0.2) is 9.97 Å². The lowest BCUT2D eigenvalue weighted by molar-refractivity contribution is -0.142. The van der Waals surface area contributed by atoms with Crippen LogP contribution in [-0.2, 0) is 17.5 Å². The summed E-state index contributed by atoms with van der Waals surface area (Å²) < 4.78 is 39.6. The number of rotatable bonds is 5. The van der Waals surface area contributed by atoms with Crippen LogP contribution < -0.4 is 5.32 Å². The predicted molar refractivity (Wildman–Crippen MR) is 127 cm³/mol. The van der Waals surface area contributed by atoms with Gasteiger partial charge in [0.2, 0.25) is 5.91 Å². The summed E-state index contributed by atoms with van der Waals surface area (Å²) in [7, 11) is 0. The molecule has 0 spiro atoms. The summed E-state index contributed by atoms with van der Waals surface area (Å²) in [6.45, 7) is 2.03. The monoisotopic (exact) mass is 562 g/mol. The van der Waals surface area contributed by atoms with Gasteiger partial charge in [0.05, 0.1) is 10.0 Å². The van der Waals surface area contributed by atoms with Crippen molar-refractivity contribution in [1.29, 1.82) is 0 Å². The topological polar surface area (TPSA) is 113 Å². The quantitative estimate of drug-likeness (QED) is 0.434. The number of halogens is 5. The summed E-state index contributed by atoms with van der Waals surface area (Å²) in [5.41, 5.74) is -1.10. The zero-order chi connectivity index (χ0) is 26.2. The maximum atomic E-state index is 12.9. The van der Waals surface area contributed by atoms with E-state index in [0.29, 0.717) is 25.9 Å². The molecule has 4 heterocycles. The first-order valence-corrected chi connectivity index (χ1v) is 12.3. The smallest absolute Gasteiger partial charge is 0.435 e.